The summed E-state index contributed by atoms with van der Waals surface area (Å²) in [5.41, 5.74) is -0.206. The molecule has 0 aromatic heterocycles. The van der Waals surface area contributed by atoms with E-state index in [2.05, 4.69) is 15.9 Å². The molecular weight excluding hydrogens is 349 g/mol. The predicted octanol–water partition coefficient (Wildman–Crippen LogP) is 4.86. The lowest BCUT2D eigenvalue weighted by atomic mass is 10.1. The van der Waals surface area contributed by atoms with Crippen molar-refractivity contribution < 1.29 is 22.7 Å². The average molecular weight is 359 g/mol. The molecule has 0 atom stereocenters. The summed E-state index contributed by atoms with van der Waals surface area (Å²) in [5.74, 6) is 0.105. The second-order valence-corrected chi connectivity index (χ2v) is 5.02. The van der Waals surface area contributed by atoms with Crippen LogP contribution in [0.25, 0.3) is 0 Å². The van der Waals surface area contributed by atoms with Crippen LogP contribution in [-0.2, 0) is 12.8 Å². The Morgan fingerprint density at radius 3 is 2.33 bits per heavy atom. The number of carbonyl (C=O) groups is 1. The zero-order valence-electron chi connectivity index (χ0n) is 10.7. The summed E-state index contributed by atoms with van der Waals surface area (Å²) in [6.07, 6.45) is -4.19. The van der Waals surface area contributed by atoms with E-state index in [4.69, 9.17) is 4.74 Å². The monoisotopic (exact) mass is 358 g/mol. The molecule has 0 saturated carbocycles. The Bertz CT molecular complexity index is 639. The SMILES string of the molecule is O=Cc1c(OCc2ccccc2)ccc(C(F)(F)F)c1Br. The molecule has 2 rings (SSSR count). The van der Waals surface area contributed by atoms with Crippen LogP contribution in [0.5, 0.6) is 5.75 Å². The van der Waals surface area contributed by atoms with Gasteiger partial charge in [0.05, 0.1) is 11.1 Å². The van der Waals surface area contributed by atoms with Crippen LogP contribution < -0.4 is 4.74 Å². The van der Waals surface area contributed by atoms with Crippen LogP contribution in [0.15, 0.2) is 46.9 Å². The fourth-order valence-corrected chi connectivity index (χ4v) is 2.41. The Labute approximate surface area is 127 Å². The third kappa shape index (κ3) is 3.64. The molecule has 0 radical (unpaired) electrons. The summed E-state index contributed by atoms with van der Waals surface area (Å²) in [5, 5.41) is 0. The highest BCUT2D eigenvalue weighted by Crippen LogP contribution is 2.39. The average Bonchev–Trinajstić information content (AvgIpc) is 2.45. The number of ether oxygens (including phenoxy) is 1. The van der Waals surface area contributed by atoms with E-state index in [1.807, 2.05) is 30.3 Å². The number of aldehydes is 1. The normalized spacial score (nSPS) is 11.2. The number of hydrogen-bond donors (Lipinski definition) is 0. The zero-order valence-corrected chi connectivity index (χ0v) is 12.2. The van der Waals surface area contributed by atoms with E-state index in [0.717, 1.165) is 17.7 Å². The molecule has 0 aliphatic carbocycles. The van der Waals surface area contributed by atoms with Crippen molar-refractivity contribution in [1.29, 1.82) is 0 Å². The maximum absolute atomic E-state index is 12.8. The van der Waals surface area contributed by atoms with Gasteiger partial charge in [0, 0.05) is 4.47 Å². The highest BCUT2D eigenvalue weighted by Gasteiger charge is 2.34. The molecule has 6 heteroatoms. The van der Waals surface area contributed by atoms with Crippen LogP contribution in [0.2, 0.25) is 0 Å². The number of rotatable bonds is 4. The van der Waals surface area contributed by atoms with Crippen LogP contribution in [0.1, 0.15) is 21.5 Å². The molecule has 2 nitrogen and oxygen atoms in total. The first-order chi connectivity index (χ1) is 9.93. The molecule has 0 spiro atoms. The number of alkyl halides is 3. The Hall–Kier alpha value is -1.82. The van der Waals surface area contributed by atoms with E-state index in [-0.39, 0.29) is 22.4 Å². The fourth-order valence-electron chi connectivity index (χ4n) is 1.77. The molecule has 0 aliphatic rings. The van der Waals surface area contributed by atoms with Gasteiger partial charge < -0.3 is 4.74 Å². The summed E-state index contributed by atoms with van der Waals surface area (Å²) < 4.78 is 43.4. The molecule has 0 fully saturated rings. The standard InChI is InChI=1S/C15H10BrF3O2/c16-14-11(8-20)13(7-6-12(14)15(17,18)19)21-9-10-4-2-1-3-5-10/h1-8H,9H2. The molecule has 2 aromatic rings. The van der Waals surface area contributed by atoms with Gasteiger partial charge in [0.1, 0.15) is 12.4 Å². The Balaban J connectivity index is 2.29. The highest BCUT2D eigenvalue weighted by molar-refractivity contribution is 9.10. The van der Waals surface area contributed by atoms with Gasteiger partial charge >= 0.3 is 6.18 Å². The minimum Gasteiger partial charge on any atom is -0.488 e. The van der Waals surface area contributed by atoms with Crippen LogP contribution in [0, 0.1) is 0 Å². The van der Waals surface area contributed by atoms with E-state index < -0.39 is 11.7 Å². The lowest BCUT2D eigenvalue weighted by Gasteiger charge is -2.14. The minimum atomic E-state index is -4.53. The van der Waals surface area contributed by atoms with Crippen molar-refractivity contribution in [3.63, 3.8) is 0 Å². The molecule has 21 heavy (non-hydrogen) atoms. The molecule has 0 saturated heterocycles. The van der Waals surface area contributed by atoms with Gasteiger partial charge in [-0.2, -0.15) is 13.2 Å². The van der Waals surface area contributed by atoms with E-state index in [0.29, 0.717) is 6.29 Å². The summed E-state index contributed by atoms with van der Waals surface area (Å²) in [6.45, 7) is 0.166. The third-order valence-corrected chi connectivity index (χ3v) is 3.65. The Kier molecular flexibility index (Phi) is 4.67. The topological polar surface area (TPSA) is 26.3 Å². The first kappa shape index (κ1) is 15.6. The lowest BCUT2D eigenvalue weighted by Crippen LogP contribution is -2.08. The van der Waals surface area contributed by atoms with E-state index in [9.17, 15) is 18.0 Å². The molecule has 0 aliphatic heterocycles. The summed E-state index contributed by atoms with van der Waals surface area (Å²) in [4.78, 5) is 11.1. The number of benzene rings is 2. The molecule has 0 amide bonds. The fraction of sp³-hybridized carbons (Fsp3) is 0.133. The van der Waals surface area contributed by atoms with Gasteiger partial charge in [-0.3, -0.25) is 4.79 Å². The lowest BCUT2D eigenvalue weighted by molar-refractivity contribution is -0.138. The van der Waals surface area contributed by atoms with Crippen molar-refractivity contribution >= 4 is 22.2 Å². The van der Waals surface area contributed by atoms with Gasteiger partial charge in [0.2, 0.25) is 0 Å². The van der Waals surface area contributed by atoms with Gasteiger partial charge in [0.25, 0.3) is 0 Å². The van der Waals surface area contributed by atoms with Crippen molar-refractivity contribution in [2.24, 2.45) is 0 Å². The van der Waals surface area contributed by atoms with Crippen molar-refractivity contribution in [3.05, 3.63) is 63.6 Å². The Morgan fingerprint density at radius 1 is 1.10 bits per heavy atom. The van der Waals surface area contributed by atoms with Crippen LogP contribution in [0.4, 0.5) is 13.2 Å². The molecule has 0 N–H and O–H groups in total. The maximum atomic E-state index is 12.8. The van der Waals surface area contributed by atoms with Crippen molar-refractivity contribution in [1.82, 2.24) is 0 Å². The van der Waals surface area contributed by atoms with E-state index in [1.165, 1.54) is 0 Å². The minimum absolute atomic E-state index is 0.105. The molecular formula is C15H10BrF3O2. The van der Waals surface area contributed by atoms with Gasteiger partial charge in [-0.15, -0.1) is 0 Å². The van der Waals surface area contributed by atoms with Crippen molar-refractivity contribution in [3.8, 4) is 5.75 Å². The maximum Gasteiger partial charge on any atom is 0.417 e. The summed E-state index contributed by atoms with van der Waals surface area (Å²) in [7, 11) is 0. The third-order valence-electron chi connectivity index (χ3n) is 2.80. The Morgan fingerprint density at radius 2 is 1.76 bits per heavy atom. The smallest absolute Gasteiger partial charge is 0.417 e. The van der Waals surface area contributed by atoms with Gasteiger partial charge in [-0.25, -0.2) is 0 Å². The van der Waals surface area contributed by atoms with Gasteiger partial charge in [-0.05, 0) is 33.6 Å². The highest BCUT2D eigenvalue weighted by atomic mass is 79.9. The first-order valence-corrected chi connectivity index (χ1v) is 6.74. The van der Waals surface area contributed by atoms with Gasteiger partial charge in [-0.1, -0.05) is 30.3 Å². The molecule has 2 aromatic carbocycles. The van der Waals surface area contributed by atoms with Crippen molar-refractivity contribution in [2.75, 3.05) is 0 Å². The number of halogens is 4. The van der Waals surface area contributed by atoms with E-state index >= 15 is 0 Å². The quantitative estimate of drug-likeness (QED) is 0.729. The molecule has 0 heterocycles. The zero-order chi connectivity index (χ0) is 15.5. The van der Waals surface area contributed by atoms with Crippen LogP contribution in [0.3, 0.4) is 0 Å². The second-order valence-electron chi connectivity index (χ2n) is 4.23. The first-order valence-electron chi connectivity index (χ1n) is 5.95. The summed E-state index contributed by atoms with van der Waals surface area (Å²) in [6, 6.07) is 11.2. The van der Waals surface area contributed by atoms with E-state index in [1.54, 1.807) is 0 Å². The van der Waals surface area contributed by atoms with Crippen LogP contribution in [-0.4, -0.2) is 6.29 Å². The molecule has 110 valence electrons. The van der Waals surface area contributed by atoms with Gasteiger partial charge in [0.15, 0.2) is 6.29 Å². The molecule has 0 unspecified atom stereocenters. The van der Waals surface area contributed by atoms with Crippen molar-refractivity contribution in [2.45, 2.75) is 12.8 Å². The van der Waals surface area contributed by atoms with Crippen LogP contribution >= 0.6 is 15.9 Å². The largest absolute Gasteiger partial charge is 0.488 e. The predicted molar refractivity (Wildman–Crippen MR) is 75.3 cm³/mol. The second kappa shape index (κ2) is 6.30. The number of carbonyl (C=O) groups excluding carboxylic acids is 1. The number of hydrogen-bond acceptors (Lipinski definition) is 2. The summed E-state index contributed by atoms with van der Waals surface area (Å²) >= 11 is 2.82. The molecule has 0 bridgehead atoms.